The third-order valence-electron chi connectivity index (χ3n) is 5.74. The van der Waals surface area contributed by atoms with Gasteiger partial charge in [0.2, 0.25) is 0 Å². The Bertz CT molecular complexity index is 1090. The zero-order valence-corrected chi connectivity index (χ0v) is 18.3. The molecule has 0 bridgehead atoms. The molecule has 6 heteroatoms. The molecule has 0 radical (unpaired) electrons. The van der Waals surface area contributed by atoms with E-state index in [1.165, 1.54) is 17.0 Å². The molecule has 0 amide bonds. The highest BCUT2D eigenvalue weighted by Gasteiger charge is 2.44. The second-order valence-electron chi connectivity index (χ2n) is 7.78. The molecule has 1 saturated heterocycles. The number of pyridine rings is 1. The molecule has 2 aliphatic rings. The summed E-state index contributed by atoms with van der Waals surface area (Å²) in [6.45, 7) is 7.64. The highest BCUT2D eigenvalue weighted by atomic mass is 35.5. The molecule has 0 aliphatic carbocycles. The van der Waals surface area contributed by atoms with Crippen molar-refractivity contribution in [2.24, 2.45) is 4.99 Å². The molecule has 29 heavy (non-hydrogen) atoms. The van der Waals surface area contributed by atoms with Crippen molar-refractivity contribution in [2.75, 3.05) is 6.54 Å². The van der Waals surface area contributed by atoms with Gasteiger partial charge in [0.1, 0.15) is 6.04 Å². The molecule has 4 nitrogen and oxygen atoms in total. The number of aryl methyl sites for hydroxylation is 1. The van der Waals surface area contributed by atoms with Gasteiger partial charge < -0.3 is 9.47 Å². The molecule has 2 aromatic heterocycles. The molecule has 0 spiro atoms. The van der Waals surface area contributed by atoms with Crippen LogP contribution in [0.4, 0.5) is 0 Å². The maximum absolute atomic E-state index is 6.27. The number of thioether (sulfide) groups is 1. The predicted octanol–water partition coefficient (Wildman–Crippen LogP) is 5.73. The minimum Gasteiger partial charge on any atom is -0.341 e. The zero-order chi connectivity index (χ0) is 20.1. The second-order valence-corrected chi connectivity index (χ2v) is 9.62. The van der Waals surface area contributed by atoms with E-state index in [-0.39, 0.29) is 12.1 Å². The lowest BCUT2D eigenvalue weighted by atomic mass is 9.96. The van der Waals surface area contributed by atoms with E-state index in [1.807, 2.05) is 48.3 Å². The van der Waals surface area contributed by atoms with Gasteiger partial charge in [0.25, 0.3) is 0 Å². The summed E-state index contributed by atoms with van der Waals surface area (Å²) in [5.74, 6) is 0. The second kappa shape index (κ2) is 7.22. The molecule has 3 atom stereocenters. The molecule has 4 heterocycles. The van der Waals surface area contributed by atoms with Crippen molar-refractivity contribution in [1.29, 1.82) is 0 Å². The fourth-order valence-corrected chi connectivity index (χ4v) is 5.83. The van der Waals surface area contributed by atoms with Crippen LogP contribution in [0.2, 0.25) is 5.02 Å². The first-order valence-corrected chi connectivity index (χ1v) is 11.2. The fourth-order valence-electron chi connectivity index (χ4n) is 4.55. The molecule has 1 aromatic carbocycles. The number of rotatable bonds is 3. The lowest BCUT2D eigenvalue weighted by molar-refractivity contribution is 0.320. The number of nitrogens with zero attached hydrogens (tertiary/aromatic N) is 4. The SMILES string of the molecule is Cc1cc([C@@H]2[C@@H](c3ccccn3)N=C3S[C@@H](C)CN32)c(C)n1-c1cccc(Cl)c1. The quantitative estimate of drug-likeness (QED) is 0.540. The Kier molecular flexibility index (Phi) is 4.67. The summed E-state index contributed by atoms with van der Waals surface area (Å²) in [5.41, 5.74) is 5.87. The Labute approximate surface area is 180 Å². The first-order chi connectivity index (χ1) is 14.0. The van der Waals surface area contributed by atoms with Crippen LogP contribution in [0.1, 0.15) is 41.7 Å². The third kappa shape index (κ3) is 3.17. The molecule has 2 aliphatic heterocycles. The van der Waals surface area contributed by atoms with E-state index in [4.69, 9.17) is 16.6 Å². The summed E-state index contributed by atoms with van der Waals surface area (Å²) in [7, 11) is 0. The molecule has 5 rings (SSSR count). The van der Waals surface area contributed by atoms with Gasteiger partial charge in [-0.25, -0.2) is 0 Å². The molecule has 1 fully saturated rings. The van der Waals surface area contributed by atoms with E-state index in [0.29, 0.717) is 5.25 Å². The molecule has 0 saturated carbocycles. The van der Waals surface area contributed by atoms with Crippen LogP contribution in [-0.4, -0.2) is 31.4 Å². The third-order valence-corrected chi connectivity index (χ3v) is 7.07. The van der Waals surface area contributed by atoms with Crippen LogP contribution in [0.25, 0.3) is 5.69 Å². The van der Waals surface area contributed by atoms with E-state index >= 15 is 0 Å². The van der Waals surface area contributed by atoms with Crippen molar-refractivity contribution in [1.82, 2.24) is 14.5 Å². The Morgan fingerprint density at radius 1 is 1.10 bits per heavy atom. The van der Waals surface area contributed by atoms with Crippen LogP contribution in [0.5, 0.6) is 0 Å². The molecule has 3 aromatic rings. The minimum atomic E-state index is 0.0134. The smallest absolute Gasteiger partial charge is 0.160 e. The first-order valence-electron chi connectivity index (χ1n) is 9.89. The normalized spacial score (nSPS) is 23.4. The maximum atomic E-state index is 6.27. The first kappa shape index (κ1) is 18.8. The van der Waals surface area contributed by atoms with Gasteiger partial charge in [0, 0.05) is 40.1 Å². The monoisotopic (exact) mass is 422 g/mol. The van der Waals surface area contributed by atoms with Crippen molar-refractivity contribution in [3.63, 3.8) is 0 Å². The van der Waals surface area contributed by atoms with Gasteiger partial charge >= 0.3 is 0 Å². The standard InChI is InChI=1S/C23H23ClN4S/c1-14-11-19(16(3)28(14)18-8-6-7-17(24)12-18)22-21(20-9-4-5-10-25-20)26-23-27(22)13-15(2)29-23/h4-12,15,21-22H,13H2,1-3H3/t15-,21+,22+/m0/s1. The molecular formula is C23H23ClN4S. The number of amidine groups is 1. The molecule has 148 valence electrons. The van der Waals surface area contributed by atoms with Gasteiger partial charge in [0.15, 0.2) is 5.17 Å². The van der Waals surface area contributed by atoms with Gasteiger partial charge in [-0.1, -0.05) is 42.4 Å². The van der Waals surface area contributed by atoms with Crippen LogP contribution in [0.3, 0.4) is 0 Å². The average Bonchev–Trinajstić information content (AvgIpc) is 3.32. The van der Waals surface area contributed by atoms with Gasteiger partial charge in [-0.3, -0.25) is 9.98 Å². The lowest BCUT2D eigenvalue weighted by Crippen LogP contribution is -2.28. The summed E-state index contributed by atoms with van der Waals surface area (Å²) >= 11 is 8.15. The average molecular weight is 423 g/mol. The summed E-state index contributed by atoms with van der Waals surface area (Å²) < 4.78 is 2.29. The van der Waals surface area contributed by atoms with E-state index in [0.717, 1.165) is 28.1 Å². The maximum Gasteiger partial charge on any atom is 0.160 e. The Morgan fingerprint density at radius 3 is 2.72 bits per heavy atom. The topological polar surface area (TPSA) is 33.4 Å². The molecule has 0 N–H and O–H groups in total. The summed E-state index contributed by atoms with van der Waals surface area (Å²) in [6.07, 6.45) is 1.86. The molecular weight excluding hydrogens is 400 g/mol. The van der Waals surface area contributed by atoms with Crippen LogP contribution in [0, 0.1) is 13.8 Å². The summed E-state index contributed by atoms with van der Waals surface area (Å²) in [6, 6.07) is 16.6. The Morgan fingerprint density at radius 2 is 1.97 bits per heavy atom. The van der Waals surface area contributed by atoms with Gasteiger partial charge in [-0.05, 0) is 55.8 Å². The number of benzene rings is 1. The van der Waals surface area contributed by atoms with Crippen molar-refractivity contribution in [3.8, 4) is 5.69 Å². The van der Waals surface area contributed by atoms with Crippen molar-refractivity contribution in [3.05, 3.63) is 82.4 Å². The lowest BCUT2D eigenvalue weighted by Gasteiger charge is -2.27. The summed E-state index contributed by atoms with van der Waals surface area (Å²) in [4.78, 5) is 12.2. The summed E-state index contributed by atoms with van der Waals surface area (Å²) in [5, 5.41) is 2.45. The van der Waals surface area contributed by atoms with Gasteiger partial charge in [0.05, 0.1) is 11.7 Å². The highest BCUT2D eigenvalue weighted by molar-refractivity contribution is 8.14. The fraction of sp³-hybridized carbons (Fsp3) is 0.304. The van der Waals surface area contributed by atoms with Crippen molar-refractivity contribution >= 4 is 28.5 Å². The van der Waals surface area contributed by atoms with Crippen molar-refractivity contribution < 1.29 is 0 Å². The number of fused-ring (bicyclic) bond motifs is 1. The molecule has 0 unspecified atom stereocenters. The van der Waals surface area contributed by atoms with Crippen LogP contribution < -0.4 is 0 Å². The van der Waals surface area contributed by atoms with E-state index in [1.54, 1.807) is 0 Å². The minimum absolute atomic E-state index is 0.0134. The van der Waals surface area contributed by atoms with Crippen molar-refractivity contribution in [2.45, 2.75) is 38.1 Å². The number of aliphatic imine (C=N–C) groups is 1. The van der Waals surface area contributed by atoms with Gasteiger partial charge in [-0.15, -0.1) is 0 Å². The largest absolute Gasteiger partial charge is 0.341 e. The van der Waals surface area contributed by atoms with Crippen LogP contribution in [0.15, 0.2) is 59.7 Å². The number of halogens is 1. The van der Waals surface area contributed by atoms with E-state index in [9.17, 15) is 0 Å². The zero-order valence-electron chi connectivity index (χ0n) is 16.7. The van der Waals surface area contributed by atoms with Crippen LogP contribution >= 0.6 is 23.4 Å². The van der Waals surface area contributed by atoms with E-state index in [2.05, 4.69) is 53.4 Å². The number of hydrogen-bond acceptors (Lipinski definition) is 4. The number of aromatic nitrogens is 2. The Balaban J connectivity index is 1.63. The predicted molar refractivity (Wildman–Crippen MR) is 121 cm³/mol. The Hall–Kier alpha value is -2.24. The van der Waals surface area contributed by atoms with E-state index < -0.39 is 0 Å². The van der Waals surface area contributed by atoms with Gasteiger partial charge in [-0.2, -0.15) is 0 Å². The van der Waals surface area contributed by atoms with Crippen LogP contribution in [-0.2, 0) is 0 Å². The number of hydrogen-bond donors (Lipinski definition) is 0. The highest BCUT2D eigenvalue weighted by Crippen LogP contribution is 2.48.